The summed E-state index contributed by atoms with van der Waals surface area (Å²) >= 11 is 9.33. The molecule has 0 aliphatic heterocycles. The normalized spacial score (nSPS) is 10.6. The van der Waals surface area contributed by atoms with Gasteiger partial charge in [0.05, 0.1) is 24.8 Å². The highest BCUT2D eigenvalue weighted by Crippen LogP contribution is 2.20. The topological polar surface area (TPSA) is 84.7 Å². The second-order valence-corrected chi connectivity index (χ2v) is 8.10. The third-order valence-corrected chi connectivity index (χ3v) is 5.21. The predicted octanol–water partition coefficient (Wildman–Crippen LogP) is 4.81. The summed E-state index contributed by atoms with van der Waals surface area (Å²) in [6, 6.07) is 18.6. The highest BCUT2D eigenvalue weighted by Gasteiger charge is 2.13. The smallest absolute Gasteiger partial charge is 0.255 e. The number of pyridine rings is 1. The number of anilines is 2. The molecule has 0 spiro atoms. The van der Waals surface area contributed by atoms with Crippen molar-refractivity contribution < 1.29 is 4.79 Å². The molecule has 9 heteroatoms. The number of nitrogens with one attached hydrogen (secondary N) is 2. The van der Waals surface area contributed by atoms with Crippen molar-refractivity contribution in [2.75, 3.05) is 5.32 Å². The lowest BCUT2D eigenvalue weighted by molar-refractivity contribution is 0.0951. The van der Waals surface area contributed by atoms with E-state index in [9.17, 15) is 4.79 Å². The lowest BCUT2D eigenvalue weighted by atomic mass is 10.2. The Balaban J connectivity index is 1.38. The minimum atomic E-state index is -0.250. The van der Waals surface area contributed by atoms with Crippen molar-refractivity contribution in [3.8, 4) is 0 Å². The summed E-state index contributed by atoms with van der Waals surface area (Å²) < 4.78 is 2.69. The van der Waals surface area contributed by atoms with Gasteiger partial charge in [-0.25, -0.2) is 9.67 Å². The summed E-state index contributed by atoms with van der Waals surface area (Å²) in [6.07, 6.45) is 3.44. The molecule has 2 heterocycles. The van der Waals surface area contributed by atoms with Crippen molar-refractivity contribution in [2.24, 2.45) is 0 Å². The molecule has 7 nitrogen and oxygen atoms in total. The molecule has 31 heavy (non-hydrogen) atoms. The molecule has 0 atom stereocenters. The molecule has 2 aromatic carbocycles. The van der Waals surface area contributed by atoms with Crippen LogP contribution in [0.3, 0.4) is 0 Å². The molecular formula is C22H18BrClN6O. The van der Waals surface area contributed by atoms with E-state index in [2.05, 4.69) is 41.9 Å². The molecule has 156 valence electrons. The van der Waals surface area contributed by atoms with Gasteiger partial charge in [-0.15, -0.1) is 5.10 Å². The zero-order valence-electron chi connectivity index (χ0n) is 16.3. The summed E-state index contributed by atoms with van der Waals surface area (Å²) in [6.45, 7) is 0.827. The van der Waals surface area contributed by atoms with Gasteiger partial charge in [0.25, 0.3) is 5.91 Å². The molecular weight excluding hydrogens is 480 g/mol. The van der Waals surface area contributed by atoms with Crippen LogP contribution in [0.25, 0.3) is 0 Å². The zero-order valence-corrected chi connectivity index (χ0v) is 18.6. The van der Waals surface area contributed by atoms with Gasteiger partial charge in [-0.3, -0.25) is 4.79 Å². The van der Waals surface area contributed by atoms with Gasteiger partial charge >= 0.3 is 0 Å². The van der Waals surface area contributed by atoms with E-state index in [1.807, 2.05) is 48.5 Å². The Morgan fingerprint density at radius 3 is 2.61 bits per heavy atom. The van der Waals surface area contributed by atoms with E-state index in [1.54, 1.807) is 29.2 Å². The number of hydrogen-bond acceptors (Lipinski definition) is 5. The lowest BCUT2D eigenvalue weighted by Crippen LogP contribution is -2.24. The summed E-state index contributed by atoms with van der Waals surface area (Å²) in [5, 5.41) is 15.0. The van der Waals surface area contributed by atoms with Crippen molar-refractivity contribution in [1.29, 1.82) is 0 Å². The number of benzene rings is 2. The number of carbonyl (C=O) groups is 1. The maximum atomic E-state index is 12.7. The van der Waals surface area contributed by atoms with Crippen molar-refractivity contribution >= 4 is 44.9 Å². The maximum absolute atomic E-state index is 12.7. The van der Waals surface area contributed by atoms with Crippen molar-refractivity contribution in [3.63, 3.8) is 0 Å². The Morgan fingerprint density at radius 2 is 1.84 bits per heavy atom. The van der Waals surface area contributed by atoms with E-state index in [0.29, 0.717) is 28.6 Å². The molecule has 0 aliphatic carbocycles. The van der Waals surface area contributed by atoms with E-state index in [-0.39, 0.29) is 12.5 Å². The van der Waals surface area contributed by atoms with Crippen LogP contribution in [0.2, 0.25) is 5.02 Å². The molecule has 0 radical (unpaired) electrons. The highest BCUT2D eigenvalue weighted by molar-refractivity contribution is 9.10. The van der Waals surface area contributed by atoms with Gasteiger partial charge in [-0.05, 0) is 54.1 Å². The lowest BCUT2D eigenvalue weighted by Gasteiger charge is -2.11. The molecule has 0 saturated carbocycles. The van der Waals surface area contributed by atoms with Gasteiger partial charge in [0, 0.05) is 21.4 Å². The molecule has 1 amide bonds. The van der Waals surface area contributed by atoms with Crippen molar-refractivity contribution in [3.05, 3.63) is 99.4 Å². The first-order chi connectivity index (χ1) is 15.1. The molecule has 0 saturated heterocycles. The van der Waals surface area contributed by atoms with E-state index in [4.69, 9.17) is 11.6 Å². The Hall–Kier alpha value is -3.23. The third-order valence-electron chi connectivity index (χ3n) is 4.43. The zero-order chi connectivity index (χ0) is 21.6. The fourth-order valence-corrected chi connectivity index (χ4v) is 3.29. The number of halogens is 2. The number of aromatic nitrogens is 4. The molecule has 4 rings (SSSR count). The first kappa shape index (κ1) is 21.0. The molecule has 0 aliphatic rings. The van der Waals surface area contributed by atoms with Crippen molar-refractivity contribution in [1.82, 2.24) is 25.3 Å². The number of nitrogens with zero attached hydrogens (tertiary/aromatic N) is 4. The first-order valence-electron chi connectivity index (χ1n) is 9.46. The minimum absolute atomic E-state index is 0.250. The van der Waals surface area contributed by atoms with Crippen LogP contribution in [0, 0.1) is 0 Å². The maximum Gasteiger partial charge on any atom is 0.255 e. The van der Waals surface area contributed by atoms with Crippen molar-refractivity contribution in [2.45, 2.75) is 13.1 Å². The molecule has 2 N–H and O–H groups in total. The van der Waals surface area contributed by atoms with Crippen LogP contribution in [0.5, 0.6) is 0 Å². The molecule has 0 bridgehead atoms. The first-order valence-corrected chi connectivity index (χ1v) is 10.6. The Bertz CT molecular complexity index is 1180. The molecule has 0 unspecified atom stereocenters. The van der Waals surface area contributed by atoms with E-state index in [0.717, 1.165) is 15.7 Å². The summed E-state index contributed by atoms with van der Waals surface area (Å²) in [5.74, 6) is 0.230. The van der Waals surface area contributed by atoms with Gasteiger partial charge in [-0.1, -0.05) is 44.9 Å². The van der Waals surface area contributed by atoms with Crippen LogP contribution in [0.15, 0.2) is 77.5 Å². The average molecular weight is 498 g/mol. The molecule has 4 aromatic rings. The second-order valence-electron chi connectivity index (χ2n) is 6.75. The van der Waals surface area contributed by atoms with Crippen LogP contribution < -0.4 is 10.6 Å². The SMILES string of the molecule is O=C(NCc1cn(Cc2ccc(Cl)cc2)nn1)c1cccnc1Nc1ccc(Br)cc1. The van der Waals surface area contributed by atoms with Crippen LogP contribution in [0.1, 0.15) is 21.6 Å². The van der Waals surface area contributed by atoms with Crippen LogP contribution in [-0.2, 0) is 13.1 Å². The monoisotopic (exact) mass is 496 g/mol. The largest absolute Gasteiger partial charge is 0.346 e. The summed E-state index contributed by atoms with van der Waals surface area (Å²) in [4.78, 5) is 17.1. The van der Waals surface area contributed by atoms with Crippen LogP contribution >= 0.6 is 27.5 Å². The van der Waals surface area contributed by atoms with Gasteiger partial charge < -0.3 is 10.6 Å². The Morgan fingerprint density at radius 1 is 1.06 bits per heavy atom. The van der Waals surface area contributed by atoms with Gasteiger partial charge in [0.2, 0.25) is 0 Å². The Labute approximate surface area is 192 Å². The molecule has 0 fully saturated rings. The third kappa shape index (κ3) is 5.68. The van der Waals surface area contributed by atoms with Gasteiger partial charge in [0.1, 0.15) is 11.5 Å². The standard InChI is InChI=1S/C22H18BrClN6O/c23-16-5-9-18(10-6-16)27-21-20(2-1-11-25-21)22(31)26-12-19-14-30(29-28-19)13-15-3-7-17(24)8-4-15/h1-11,14H,12-13H2,(H,25,27)(H,26,31). The minimum Gasteiger partial charge on any atom is -0.346 e. The van der Waals surface area contributed by atoms with E-state index >= 15 is 0 Å². The van der Waals surface area contributed by atoms with E-state index in [1.165, 1.54) is 0 Å². The van der Waals surface area contributed by atoms with Gasteiger partial charge in [0.15, 0.2) is 0 Å². The number of amides is 1. The average Bonchev–Trinajstić information content (AvgIpc) is 3.23. The number of carbonyl (C=O) groups excluding carboxylic acids is 1. The Kier molecular flexibility index (Phi) is 6.59. The molecule has 2 aromatic heterocycles. The highest BCUT2D eigenvalue weighted by atomic mass is 79.9. The van der Waals surface area contributed by atoms with Crippen LogP contribution in [-0.4, -0.2) is 25.9 Å². The quantitative estimate of drug-likeness (QED) is 0.383. The number of hydrogen-bond donors (Lipinski definition) is 2. The summed E-state index contributed by atoms with van der Waals surface area (Å²) in [7, 11) is 0. The fraction of sp³-hybridized carbons (Fsp3) is 0.0909. The second kappa shape index (κ2) is 9.72. The summed E-state index contributed by atoms with van der Waals surface area (Å²) in [5.41, 5.74) is 3.00. The number of rotatable bonds is 7. The van der Waals surface area contributed by atoms with E-state index < -0.39 is 0 Å². The predicted molar refractivity (Wildman–Crippen MR) is 123 cm³/mol. The fourth-order valence-electron chi connectivity index (χ4n) is 2.90. The van der Waals surface area contributed by atoms with Gasteiger partial charge in [-0.2, -0.15) is 0 Å². The van der Waals surface area contributed by atoms with Crippen LogP contribution in [0.4, 0.5) is 11.5 Å².